The summed E-state index contributed by atoms with van der Waals surface area (Å²) >= 11 is 0. The second-order valence-corrected chi connectivity index (χ2v) is 11.1. The average Bonchev–Trinajstić information content (AvgIpc) is 3.50. The van der Waals surface area contributed by atoms with Gasteiger partial charge in [-0.3, -0.25) is 29.2 Å². The maximum absolute atomic E-state index is 13.3. The minimum Gasteiger partial charge on any atom is -0.480 e. The van der Waals surface area contributed by atoms with Gasteiger partial charge in [-0.2, -0.15) is 0 Å². The molecule has 18 N–H and O–H groups in total. The quantitative estimate of drug-likeness (QED) is 0.0297. The number of nitrogens with two attached hydrogens (primary N) is 7. The summed E-state index contributed by atoms with van der Waals surface area (Å²) in [6, 6.07) is -4.82. The molecule has 46 heavy (non-hydrogen) atoms. The molecule has 0 bridgehead atoms. The monoisotopic (exact) mass is 655 g/mol. The predicted octanol–water partition coefficient (Wildman–Crippen LogP) is -4.57. The zero-order chi connectivity index (χ0) is 34.6. The fourth-order valence-electron chi connectivity index (χ4n) is 4.81. The number of unbranched alkanes of at least 4 members (excludes halogenated alkanes) is 2. The highest BCUT2D eigenvalue weighted by Gasteiger charge is 2.38. The number of hydrogen-bond donors (Lipinski definition) is 11. The van der Waals surface area contributed by atoms with Crippen LogP contribution in [-0.2, 0) is 24.0 Å². The van der Waals surface area contributed by atoms with Crippen molar-refractivity contribution >= 4 is 41.5 Å². The van der Waals surface area contributed by atoms with E-state index >= 15 is 0 Å². The van der Waals surface area contributed by atoms with E-state index < -0.39 is 53.9 Å². The Balaban J connectivity index is 2.50. The molecule has 2 unspecified atom stereocenters. The molecule has 0 aromatic rings. The number of likely N-dealkylation sites (tertiary alicyclic amines) is 1. The summed E-state index contributed by atoms with van der Waals surface area (Å²) in [5.41, 5.74) is 38.8. The number of aliphatic carboxylic acids is 1. The molecule has 19 nitrogen and oxygen atoms in total. The maximum atomic E-state index is 13.3. The van der Waals surface area contributed by atoms with Gasteiger partial charge in [-0.15, -0.1) is 0 Å². The molecule has 0 aromatic heterocycles. The largest absolute Gasteiger partial charge is 0.480 e. The molecule has 4 amide bonds. The number of carbonyl (C=O) groups is 5. The molecule has 5 atom stereocenters. The van der Waals surface area contributed by atoms with E-state index in [-0.39, 0.29) is 43.9 Å². The number of rotatable bonds is 22. The minimum atomic E-state index is -1.23. The molecule has 1 aliphatic rings. The van der Waals surface area contributed by atoms with Crippen LogP contribution in [0.5, 0.6) is 0 Å². The Morgan fingerprint density at radius 1 is 0.783 bits per heavy atom. The highest BCUT2D eigenvalue weighted by Crippen LogP contribution is 2.19. The van der Waals surface area contributed by atoms with E-state index in [9.17, 15) is 29.1 Å². The fraction of sp³-hybridized carbons (Fsp3) is 0.741. The van der Waals surface area contributed by atoms with Crippen molar-refractivity contribution in [3.05, 3.63) is 0 Å². The van der Waals surface area contributed by atoms with Crippen molar-refractivity contribution < 1.29 is 29.1 Å². The number of guanidine groups is 2. The lowest BCUT2D eigenvalue weighted by Gasteiger charge is -2.29. The number of amides is 4. The lowest BCUT2D eigenvalue weighted by Crippen LogP contribution is -2.58. The van der Waals surface area contributed by atoms with Crippen LogP contribution in [0.3, 0.4) is 0 Å². The molecule has 0 radical (unpaired) electrons. The van der Waals surface area contributed by atoms with Crippen molar-refractivity contribution in [1.29, 1.82) is 0 Å². The van der Waals surface area contributed by atoms with Gasteiger partial charge in [-0.05, 0) is 64.2 Å². The van der Waals surface area contributed by atoms with Crippen LogP contribution in [0, 0.1) is 0 Å². The molecule has 0 aliphatic carbocycles. The van der Waals surface area contributed by atoms with Crippen LogP contribution in [0.15, 0.2) is 9.98 Å². The molecular formula is C27H53N13O6. The summed E-state index contributed by atoms with van der Waals surface area (Å²) < 4.78 is 0. The molecule has 0 saturated carbocycles. The van der Waals surface area contributed by atoms with Crippen LogP contribution in [0.25, 0.3) is 0 Å². The van der Waals surface area contributed by atoms with Crippen LogP contribution >= 0.6 is 0 Å². The highest BCUT2D eigenvalue weighted by atomic mass is 16.4. The molecule has 262 valence electrons. The average molecular weight is 656 g/mol. The lowest BCUT2D eigenvalue weighted by atomic mass is 10.1. The first-order valence-electron chi connectivity index (χ1n) is 15.5. The number of carboxylic acid groups (broad SMARTS) is 1. The van der Waals surface area contributed by atoms with Gasteiger partial charge in [0, 0.05) is 32.7 Å². The number of hydrogen-bond acceptors (Lipinski definition) is 10. The first kappa shape index (κ1) is 39.8. The molecule has 0 aromatic carbocycles. The standard InChI is InChI=1S/C27H53N13O6/c28-15-19(24(44)40-14-6-10-20(40)23(43)38-18(25(45)46)9-5-13-37-27(33)34)39-22(42)17(30)8-1-3-11-35-21(41)16(29)7-2-4-12-36-26(31)32/h16-20H,1-15,28-30H2,(H,35,41)(H,38,43)(H,39,42)(H,45,46)(H4,31,32,36)(H4,33,34,37)/t16-,17-,18?,19?,20-/m0/s1. The SMILES string of the molecule is NCC(NC(=O)[C@@H](N)CCCCNC(=O)[C@@H](N)CCCCN=C(N)N)C(=O)N1CCC[C@H]1C(=O)NC(CCCN=C(N)N)C(=O)O. The molecule has 1 saturated heterocycles. The molecule has 1 aliphatic heterocycles. The van der Waals surface area contributed by atoms with Gasteiger partial charge in [0.25, 0.3) is 0 Å². The van der Waals surface area contributed by atoms with E-state index in [0.717, 1.165) is 0 Å². The van der Waals surface area contributed by atoms with Crippen LogP contribution in [0.4, 0.5) is 0 Å². The zero-order valence-corrected chi connectivity index (χ0v) is 26.4. The zero-order valence-electron chi connectivity index (χ0n) is 26.4. The van der Waals surface area contributed by atoms with Crippen molar-refractivity contribution in [2.24, 2.45) is 50.1 Å². The van der Waals surface area contributed by atoms with Gasteiger partial charge < -0.3 is 66.1 Å². The van der Waals surface area contributed by atoms with Crippen molar-refractivity contribution in [3.8, 4) is 0 Å². The number of nitrogens with one attached hydrogen (secondary N) is 3. The Bertz CT molecular complexity index is 1060. The predicted molar refractivity (Wildman–Crippen MR) is 173 cm³/mol. The van der Waals surface area contributed by atoms with E-state index in [1.807, 2.05) is 0 Å². The van der Waals surface area contributed by atoms with Crippen molar-refractivity contribution in [1.82, 2.24) is 20.9 Å². The van der Waals surface area contributed by atoms with Crippen LogP contribution in [-0.4, -0.2) is 114 Å². The normalized spacial score (nSPS) is 16.8. The molecule has 1 rings (SSSR count). The summed E-state index contributed by atoms with van der Waals surface area (Å²) in [5, 5.41) is 17.3. The van der Waals surface area contributed by atoms with Gasteiger partial charge in [0.05, 0.1) is 12.1 Å². The fourth-order valence-corrected chi connectivity index (χ4v) is 4.81. The van der Waals surface area contributed by atoms with Crippen LogP contribution in [0.1, 0.15) is 64.2 Å². The summed E-state index contributed by atoms with van der Waals surface area (Å²) in [4.78, 5) is 71.8. The maximum Gasteiger partial charge on any atom is 0.326 e. The van der Waals surface area contributed by atoms with E-state index in [0.29, 0.717) is 70.9 Å². The van der Waals surface area contributed by atoms with Gasteiger partial charge >= 0.3 is 5.97 Å². The number of carbonyl (C=O) groups excluding carboxylic acids is 4. The summed E-state index contributed by atoms with van der Waals surface area (Å²) in [6.45, 7) is 1.04. The van der Waals surface area contributed by atoms with Crippen molar-refractivity contribution in [2.75, 3.05) is 32.7 Å². The van der Waals surface area contributed by atoms with Crippen LogP contribution in [0.2, 0.25) is 0 Å². The molecular weight excluding hydrogens is 602 g/mol. The topological polar surface area (TPSA) is 352 Å². The molecule has 0 spiro atoms. The number of carboxylic acids is 1. The van der Waals surface area contributed by atoms with Crippen molar-refractivity contribution in [3.63, 3.8) is 0 Å². The summed E-state index contributed by atoms with van der Waals surface area (Å²) in [5.74, 6) is -3.36. The van der Waals surface area contributed by atoms with E-state index in [1.54, 1.807) is 0 Å². The summed E-state index contributed by atoms with van der Waals surface area (Å²) in [7, 11) is 0. The van der Waals surface area contributed by atoms with E-state index in [2.05, 4.69) is 25.9 Å². The molecule has 19 heteroatoms. The summed E-state index contributed by atoms with van der Waals surface area (Å²) in [6.07, 6.45) is 4.50. The van der Waals surface area contributed by atoms with Gasteiger partial charge in [-0.1, -0.05) is 0 Å². The van der Waals surface area contributed by atoms with E-state index in [4.69, 9.17) is 40.1 Å². The molecule has 1 fully saturated rings. The van der Waals surface area contributed by atoms with Crippen molar-refractivity contribution in [2.45, 2.75) is 94.4 Å². The van der Waals surface area contributed by atoms with Gasteiger partial charge in [-0.25, -0.2) is 4.79 Å². The third-order valence-corrected chi connectivity index (χ3v) is 7.38. The van der Waals surface area contributed by atoms with Gasteiger partial charge in [0.1, 0.15) is 18.1 Å². The minimum absolute atomic E-state index is 0.0209. The van der Waals surface area contributed by atoms with E-state index in [1.165, 1.54) is 4.90 Å². The Kier molecular flexibility index (Phi) is 18.6. The number of nitrogens with zero attached hydrogens (tertiary/aromatic N) is 3. The third kappa shape index (κ3) is 15.2. The second kappa shape index (κ2) is 21.5. The third-order valence-electron chi connectivity index (χ3n) is 7.38. The van der Waals surface area contributed by atoms with Gasteiger partial charge in [0.2, 0.25) is 23.6 Å². The lowest BCUT2D eigenvalue weighted by molar-refractivity contribution is -0.145. The number of aliphatic imine (C=N–C) groups is 2. The van der Waals surface area contributed by atoms with Gasteiger partial charge in [0.15, 0.2) is 11.9 Å². The first-order valence-corrected chi connectivity index (χ1v) is 15.5. The Hall–Kier alpha value is -4.23. The first-order chi connectivity index (χ1) is 21.8. The highest BCUT2D eigenvalue weighted by molar-refractivity contribution is 5.94. The Labute approximate surface area is 268 Å². The Morgan fingerprint density at radius 2 is 1.37 bits per heavy atom. The molecule has 1 heterocycles. The second-order valence-electron chi connectivity index (χ2n) is 11.1. The Morgan fingerprint density at radius 3 is 1.96 bits per heavy atom. The van der Waals surface area contributed by atoms with Crippen LogP contribution < -0.4 is 56.1 Å². The smallest absolute Gasteiger partial charge is 0.326 e.